The van der Waals surface area contributed by atoms with E-state index >= 15 is 0 Å². The molecular weight excluding hydrogens is 321 g/mol. The molecule has 1 saturated heterocycles. The van der Waals surface area contributed by atoms with Gasteiger partial charge >= 0.3 is 0 Å². The van der Waals surface area contributed by atoms with Gasteiger partial charge in [0.2, 0.25) is 0 Å². The summed E-state index contributed by atoms with van der Waals surface area (Å²) in [6.07, 6.45) is 3.78. The maximum absolute atomic E-state index is 14.4. The Bertz CT molecular complexity index is 902. The van der Waals surface area contributed by atoms with E-state index in [4.69, 9.17) is 0 Å². The van der Waals surface area contributed by atoms with E-state index in [1.807, 2.05) is 6.07 Å². The first-order valence-corrected chi connectivity index (χ1v) is 8.41. The Kier molecular flexibility index (Phi) is 4.10. The van der Waals surface area contributed by atoms with Crippen LogP contribution in [0, 0.1) is 5.82 Å². The molecule has 0 aromatic carbocycles. The number of rotatable bonds is 4. The zero-order valence-electron chi connectivity index (χ0n) is 13.9. The minimum Gasteiger partial charge on any atom is -0.389 e. The van der Waals surface area contributed by atoms with Crippen LogP contribution < -0.4 is 10.6 Å². The molecule has 3 aromatic rings. The second-order valence-electron chi connectivity index (χ2n) is 6.37. The van der Waals surface area contributed by atoms with Gasteiger partial charge in [0, 0.05) is 18.8 Å². The van der Waals surface area contributed by atoms with Gasteiger partial charge in [-0.2, -0.15) is 0 Å². The third kappa shape index (κ3) is 3.08. The minimum absolute atomic E-state index is 0.242. The topological polar surface area (TPSA) is 74.5 Å². The molecule has 0 radical (unpaired) electrons. The van der Waals surface area contributed by atoms with Crippen molar-refractivity contribution in [1.82, 2.24) is 19.7 Å². The number of aromatic nitrogens is 3. The van der Waals surface area contributed by atoms with Crippen molar-refractivity contribution >= 4 is 11.5 Å². The summed E-state index contributed by atoms with van der Waals surface area (Å²) in [5.41, 5.74) is 2.21. The van der Waals surface area contributed by atoms with Gasteiger partial charge in [-0.15, -0.1) is 0 Å². The Balaban J connectivity index is 1.75. The molecule has 0 amide bonds. The average molecular weight is 341 g/mol. The summed E-state index contributed by atoms with van der Waals surface area (Å²) < 4.78 is 16.2. The van der Waals surface area contributed by atoms with Crippen molar-refractivity contribution in [3.63, 3.8) is 0 Å². The average Bonchev–Trinajstić information content (AvgIpc) is 3.25. The van der Waals surface area contributed by atoms with Crippen LogP contribution in [-0.2, 0) is 0 Å². The normalized spacial score (nSPS) is 18.6. The van der Waals surface area contributed by atoms with Crippen molar-refractivity contribution in [1.29, 1.82) is 0 Å². The summed E-state index contributed by atoms with van der Waals surface area (Å²) >= 11 is 0. The van der Waals surface area contributed by atoms with Crippen LogP contribution in [0.25, 0.3) is 17.0 Å². The lowest BCUT2D eigenvalue weighted by Crippen LogP contribution is -2.22. The maximum atomic E-state index is 14.4. The molecule has 2 atom stereocenters. The number of hydrogen-bond donors (Lipinski definition) is 3. The third-order valence-corrected chi connectivity index (χ3v) is 4.51. The molecule has 3 aromatic heterocycles. The number of imidazole rings is 1. The van der Waals surface area contributed by atoms with Crippen LogP contribution in [0.3, 0.4) is 0 Å². The number of pyridine rings is 2. The quantitative estimate of drug-likeness (QED) is 0.679. The van der Waals surface area contributed by atoms with Crippen LogP contribution in [0.1, 0.15) is 25.0 Å². The summed E-state index contributed by atoms with van der Waals surface area (Å²) in [6, 6.07) is 6.99. The first kappa shape index (κ1) is 16.0. The van der Waals surface area contributed by atoms with Crippen molar-refractivity contribution in [2.24, 2.45) is 0 Å². The highest BCUT2D eigenvalue weighted by atomic mass is 19.1. The Hall–Kier alpha value is -2.51. The highest BCUT2D eigenvalue weighted by molar-refractivity contribution is 5.63. The first-order valence-electron chi connectivity index (χ1n) is 8.41. The number of aliphatic hydroxyl groups is 1. The van der Waals surface area contributed by atoms with Crippen LogP contribution in [0.5, 0.6) is 0 Å². The van der Waals surface area contributed by atoms with E-state index in [1.54, 1.807) is 35.9 Å². The summed E-state index contributed by atoms with van der Waals surface area (Å²) in [7, 11) is 0. The molecule has 6 nitrogen and oxygen atoms in total. The zero-order valence-corrected chi connectivity index (χ0v) is 13.9. The van der Waals surface area contributed by atoms with E-state index in [2.05, 4.69) is 20.6 Å². The first-order chi connectivity index (χ1) is 12.1. The van der Waals surface area contributed by atoms with Gasteiger partial charge in [0.15, 0.2) is 5.82 Å². The Morgan fingerprint density at radius 3 is 3.00 bits per heavy atom. The van der Waals surface area contributed by atoms with E-state index in [0.29, 0.717) is 23.2 Å². The Labute approximate surface area is 144 Å². The van der Waals surface area contributed by atoms with Crippen molar-refractivity contribution in [2.45, 2.75) is 25.5 Å². The molecule has 25 heavy (non-hydrogen) atoms. The fourth-order valence-corrected chi connectivity index (χ4v) is 3.11. The molecule has 130 valence electrons. The second kappa shape index (κ2) is 6.42. The number of nitrogens with one attached hydrogen (secondary N) is 2. The van der Waals surface area contributed by atoms with Crippen LogP contribution in [-0.4, -0.2) is 38.6 Å². The molecule has 0 spiro atoms. The molecule has 1 aliphatic rings. The number of nitrogens with zero attached hydrogens (tertiary/aromatic N) is 3. The van der Waals surface area contributed by atoms with Crippen LogP contribution in [0.2, 0.25) is 0 Å². The Morgan fingerprint density at radius 2 is 2.24 bits per heavy atom. The molecule has 1 fully saturated rings. The maximum Gasteiger partial charge on any atom is 0.151 e. The predicted octanol–water partition coefficient (Wildman–Crippen LogP) is 2.36. The summed E-state index contributed by atoms with van der Waals surface area (Å²) in [5.74, 6) is 0.242. The van der Waals surface area contributed by atoms with E-state index in [0.717, 1.165) is 25.1 Å². The van der Waals surface area contributed by atoms with Gasteiger partial charge in [0.25, 0.3) is 0 Å². The van der Waals surface area contributed by atoms with Crippen molar-refractivity contribution in [2.75, 3.05) is 18.4 Å². The molecule has 1 aliphatic heterocycles. The highest BCUT2D eigenvalue weighted by Gasteiger charge is 2.17. The fraction of sp³-hybridized carbons (Fsp3) is 0.333. The third-order valence-electron chi connectivity index (χ3n) is 4.51. The lowest BCUT2D eigenvalue weighted by atomic mass is 10.2. The standard InChI is InChI=1S/C18H20FN5O/c1-11(25)12-2-5-17-21-9-15(24(17)10-12)18-14(19)3-4-16(23-18)22-13-6-7-20-8-13/h2-5,9-11,13,20,25H,6-8H2,1H3,(H,22,23). The van der Waals surface area contributed by atoms with Crippen molar-refractivity contribution in [3.8, 4) is 11.4 Å². The molecule has 0 aliphatic carbocycles. The van der Waals surface area contributed by atoms with Gasteiger partial charge in [-0.05, 0) is 43.7 Å². The minimum atomic E-state index is -0.611. The molecule has 0 saturated carbocycles. The summed E-state index contributed by atoms with van der Waals surface area (Å²) in [5, 5.41) is 16.4. The van der Waals surface area contributed by atoms with Gasteiger partial charge in [-0.1, -0.05) is 6.07 Å². The van der Waals surface area contributed by atoms with E-state index in [-0.39, 0.29) is 5.69 Å². The lowest BCUT2D eigenvalue weighted by molar-refractivity contribution is 0.199. The van der Waals surface area contributed by atoms with Gasteiger partial charge in [0.05, 0.1) is 18.0 Å². The molecule has 4 rings (SSSR count). The molecule has 3 N–H and O–H groups in total. The van der Waals surface area contributed by atoms with E-state index < -0.39 is 11.9 Å². The molecule has 0 bridgehead atoms. The smallest absolute Gasteiger partial charge is 0.151 e. The van der Waals surface area contributed by atoms with Gasteiger partial charge in [-0.3, -0.25) is 4.40 Å². The zero-order chi connectivity index (χ0) is 17.4. The van der Waals surface area contributed by atoms with Crippen molar-refractivity contribution in [3.05, 3.63) is 48.0 Å². The van der Waals surface area contributed by atoms with Gasteiger partial charge < -0.3 is 15.7 Å². The fourth-order valence-electron chi connectivity index (χ4n) is 3.11. The summed E-state index contributed by atoms with van der Waals surface area (Å²) in [4.78, 5) is 8.78. The lowest BCUT2D eigenvalue weighted by Gasteiger charge is -2.13. The molecular formula is C18H20FN5O. The number of hydrogen-bond acceptors (Lipinski definition) is 5. The predicted molar refractivity (Wildman–Crippen MR) is 93.9 cm³/mol. The molecule has 2 unspecified atom stereocenters. The largest absolute Gasteiger partial charge is 0.389 e. The highest BCUT2D eigenvalue weighted by Crippen LogP contribution is 2.25. The summed E-state index contributed by atoms with van der Waals surface area (Å²) in [6.45, 7) is 3.54. The number of aliphatic hydroxyl groups excluding tert-OH is 1. The molecule has 4 heterocycles. The molecule has 7 heteroatoms. The number of anilines is 1. The monoisotopic (exact) mass is 341 g/mol. The number of fused-ring (bicyclic) bond motifs is 1. The van der Waals surface area contributed by atoms with E-state index in [1.165, 1.54) is 6.07 Å². The number of halogens is 1. The Morgan fingerprint density at radius 1 is 1.36 bits per heavy atom. The van der Waals surface area contributed by atoms with Crippen LogP contribution in [0.15, 0.2) is 36.7 Å². The van der Waals surface area contributed by atoms with Gasteiger partial charge in [0.1, 0.15) is 17.2 Å². The second-order valence-corrected chi connectivity index (χ2v) is 6.37. The van der Waals surface area contributed by atoms with Crippen LogP contribution in [0.4, 0.5) is 10.2 Å². The van der Waals surface area contributed by atoms with Crippen molar-refractivity contribution < 1.29 is 9.50 Å². The van der Waals surface area contributed by atoms with E-state index in [9.17, 15) is 9.50 Å². The SMILES string of the molecule is CC(O)c1ccc2ncc(-c3nc(NC4CCNC4)ccc3F)n2c1. The van der Waals surface area contributed by atoms with Gasteiger partial charge in [-0.25, -0.2) is 14.4 Å². The van der Waals surface area contributed by atoms with Crippen LogP contribution >= 0.6 is 0 Å².